The van der Waals surface area contributed by atoms with Crippen molar-refractivity contribution in [3.63, 3.8) is 0 Å². The van der Waals surface area contributed by atoms with E-state index >= 15 is 0 Å². The van der Waals surface area contributed by atoms with Gasteiger partial charge in [0, 0.05) is 17.7 Å². The second kappa shape index (κ2) is 11.7. The highest BCUT2D eigenvalue weighted by Crippen LogP contribution is 2.21. The first-order valence-corrected chi connectivity index (χ1v) is 10.7. The summed E-state index contributed by atoms with van der Waals surface area (Å²) in [6.07, 6.45) is 6.56. The van der Waals surface area contributed by atoms with Crippen molar-refractivity contribution < 1.29 is 9.15 Å². The van der Waals surface area contributed by atoms with Crippen LogP contribution < -0.4 is 4.74 Å². The third-order valence-corrected chi connectivity index (χ3v) is 4.97. The fraction of sp³-hybridized carbons (Fsp3) is 0.261. The van der Waals surface area contributed by atoms with Gasteiger partial charge in [-0.15, -0.1) is 22.0 Å². The first-order valence-electron chi connectivity index (χ1n) is 9.57. The zero-order valence-corrected chi connectivity index (χ0v) is 17.0. The SMILES string of the molecule is N#CCCCC=Cc1ccc(-c2nnc(CSCCOc3ccccc3)o2)cc1. The minimum atomic E-state index is 0.533. The summed E-state index contributed by atoms with van der Waals surface area (Å²) in [6, 6.07) is 19.9. The Balaban J connectivity index is 1.41. The molecule has 0 aliphatic carbocycles. The summed E-state index contributed by atoms with van der Waals surface area (Å²) in [5.41, 5.74) is 2.02. The molecule has 1 heterocycles. The highest BCUT2D eigenvalue weighted by molar-refractivity contribution is 7.98. The number of rotatable bonds is 11. The van der Waals surface area contributed by atoms with Gasteiger partial charge in [0.2, 0.25) is 11.8 Å². The number of hydrogen-bond acceptors (Lipinski definition) is 6. The fourth-order valence-corrected chi connectivity index (χ4v) is 3.22. The number of aromatic nitrogens is 2. The summed E-state index contributed by atoms with van der Waals surface area (Å²) in [4.78, 5) is 0. The van der Waals surface area contributed by atoms with Gasteiger partial charge in [-0.1, -0.05) is 42.5 Å². The largest absolute Gasteiger partial charge is 0.493 e. The van der Waals surface area contributed by atoms with E-state index in [2.05, 4.69) is 28.4 Å². The number of nitrogens with zero attached hydrogens (tertiary/aromatic N) is 3. The Kier molecular flexibility index (Phi) is 8.36. The lowest BCUT2D eigenvalue weighted by atomic mass is 10.1. The molecule has 2 aromatic carbocycles. The molecule has 0 amide bonds. The van der Waals surface area contributed by atoms with E-state index in [-0.39, 0.29) is 0 Å². The second-order valence-electron chi connectivity index (χ2n) is 6.29. The molecule has 5 nitrogen and oxygen atoms in total. The maximum Gasteiger partial charge on any atom is 0.247 e. The minimum Gasteiger partial charge on any atom is -0.493 e. The Bertz CT molecular complexity index is 931. The van der Waals surface area contributed by atoms with Gasteiger partial charge in [0.1, 0.15) is 5.75 Å². The molecular weight excluding hydrogens is 382 g/mol. The summed E-state index contributed by atoms with van der Waals surface area (Å²) < 4.78 is 11.4. The molecule has 0 atom stereocenters. The van der Waals surface area contributed by atoms with Gasteiger partial charge in [-0.3, -0.25) is 0 Å². The van der Waals surface area contributed by atoms with Crippen LogP contribution in [0.15, 0.2) is 65.1 Å². The minimum absolute atomic E-state index is 0.533. The Morgan fingerprint density at radius 3 is 2.69 bits per heavy atom. The van der Waals surface area contributed by atoms with E-state index in [0.717, 1.165) is 35.5 Å². The van der Waals surface area contributed by atoms with Gasteiger partial charge >= 0.3 is 0 Å². The molecule has 3 rings (SSSR count). The van der Waals surface area contributed by atoms with Crippen LogP contribution >= 0.6 is 11.8 Å². The van der Waals surface area contributed by atoms with Gasteiger partial charge in [-0.05, 0) is 42.7 Å². The molecule has 3 aromatic rings. The number of allylic oxidation sites excluding steroid dienone is 1. The average molecular weight is 406 g/mol. The van der Waals surface area contributed by atoms with Crippen LogP contribution in [0.2, 0.25) is 0 Å². The topological polar surface area (TPSA) is 71.9 Å². The summed E-state index contributed by atoms with van der Waals surface area (Å²) in [6.45, 7) is 0.640. The number of hydrogen-bond donors (Lipinski definition) is 0. The van der Waals surface area contributed by atoms with Crippen LogP contribution in [0.1, 0.15) is 30.7 Å². The van der Waals surface area contributed by atoms with E-state index in [9.17, 15) is 0 Å². The summed E-state index contributed by atoms with van der Waals surface area (Å²) in [5, 5.41) is 16.8. The lowest BCUT2D eigenvalue weighted by Crippen LogP contribution is -2.00. The molecule has 0 saturated carbocycles. The van der Waals surface area contributed by atoms with Crippen LogP contribution in [-0.2, 0) is 5.75 Å². The van der Waals surface area contributed by atoms with Gasteiger partial charge in [-0.2, -0.15) is 5.26 Å². The summed E-state index contributed by atoms with van der Waals surface area (Å²) in [5.74, 6) is 3.54. The molecule has 0 unspecified atom stereocenters. The van der Waals surface area contributed by atoms with Gasteiger partial charge in [0.15, 0.2) is 0 Å². The predicted molar refractivity (Wildman–Crippen MR) is 116 cm³/mol. The summed E-state index contributed by atoms with van der Waals surface area (Å²) >= 11 is 1.70. The van der Waals surface area contributed by atoms with Gasteiger partial charge in [-0.25, -0.2) is 0 Å². The molecule has 148 valence electrons. The Hall–Kier alpha value is -3.04. The third-order valence-electron chi connectivity index (χ3n) is 4.06. The fourth-order valence-electron chi connectivity index (χ4n) is 2.58. The standard InChI is InChI=1S/C23H23N3O2S/c24-15-7-2-1-4-8-19-11-13-20(14-12-19)23-26-25-22(28-23)18-29-17-16-27-21-9-5-3-6-10-21/h3-6,8-14H,1-2,7,16-18H2. The molecule has 0 bridgehead atoms. The predicted octanol–water partition coefficient (Wildman–Crippen LogP) is 5.76. The van der Waals surface area contributed by atoms with Gasteiger partial charge in [0.25, 0.3) is 0 Å². The average Bonchev–Trinajstić information content (AvgIpc) is 3.23. The van der Waals surface area contributed by atoms with E-state index in [1.165, 1.54) is 0 Å². The maximum atomic E-state index is 8.54. The van der Waals surface area contributed by atoms with Crippen molar-refractivity contribution >= 4 is 17.8 Å². The number of benzene rings is 2. The van der Waals surface area contributed by atoms with Crippen LogP contribution in [-0.4, -0.2) is 22.6 Å². The molecular formula is C23H23N3O2S. The molecule has 6 heteroatoms. The Morgan fingerprint density at radius 2 is 1.90 bits per heavy atom. The van der Waals surface area contributed by atoms with Crippen molar-refractivity contribution in [1.29, 1.82) is 5.26 Å². The number of para-hydroxylation sites is 1. The van der Waals surface area contributed by atoms with E-state index < -0.39 is 0 Å². The lowest BCUT2D eigenvalue weighted by molar-refractivity contribution is 0.344. The van der Waals surface area contributed by atoms with Gasteiger partial charge < -0.3 is 9.15 Å². The van der Waals surface area contributed by atoms with Crippen LogP contribution in [0, 0.1) is 11.3 Å². The molecule has 0 fully saturated rings. The number of ether oxygens (including phenoxy) is 1. The normalized spacial score (nSPS) is 10.9. The first-order chi connectivity index (χ1) is 14.3. The van der Waals surface area contributed by atoms with Crippen molar-refractivity contribution in [2.24, 2.45) is 0 Å². The lowest BCUT2D eigenvalue weighted by Gasteiger charge is -2.04. The van der Waals surface area contributed by atoms with Crippen LogP contribution in [0.25, 0.3) is 17.5 Å². The molecule has 29 heavy (non-hydrogen) atoms. The van der Waals surface area contributed by atoms with Gasteiger partial charge in [0.05, 0.1) is 18.4 Å². The van der Waals surface area contributed by atoms with Crippen molar-refractivity contribution in [3.8, 4) is 23.3 Å². The zero-order chi connectivity index (χ0) is 20.2. The quantitative estimate of drug-likeness (QED) is 0.378. The number of thioether (sulfide) groups is 1. The van der Waals surface area contributed by atoms with E-state index in [1.807, 2.05) is 54.6 Å². The molecule has 0 N–H and O–H groups in total. The molecule has 0 aliphatic heterocycles. The Labute approximate surface area is 175 Å². The Morgan fingerprint density at radius 1 is 1.07 bits per heavy atom. The maximum absolute atomic E-state index is 8.54. The molecule has 0 spiro atoms. The highest BCUT2D eigenvalue weighted by atomic mass is 32.2. The smallest absolute Gasteiger partial charge is 0.247 e. The van der Waals surface area contributed by atoms with Crippen molar-refractivity contribution in [2.75, 3.05) is 12.4 Å². The number of nitriles is 1. The molecule has 0 aliphatic rings. The van der Waals surface area contributed by atoms with Crippen LogP contribution in [0.3, 0.4) is 0 Å². The molecule has 0 radical (unpaired) electrons. The number of unbranched alkanes of at least 4 members (excludes halogenated alkanes) is 2. The zero-order valence-electron chi connectivity index (χ0n) is 16.2. The van der Waals surface area contributed by atoms with E-state index in [0.29, 0.717) is 30.6 Å². The monoisotopic (exact) mass is 405 g/mol. The van der Waals surface area contributed by atoms with E-state index in [4.69, 9.17) is 14.4 Å². The first kappa shape index (κ1) is 20.7. The second-order valence-corrected chi connectivity index (χ2v) is 7.39. The van der Waals surface area contributed by atoms with Crippen LogP contribution in [0.4, 0.5) is 0 Å². The van der Waals surface area contributed by atoms with Crippen LogP contribution in [0.5, 0.6) is 5.75 Å². The van der Waals surface area contributed by atoms with Crippen molar-refractivity contribution in [1.82, 2.24) is 10.2 Å². The van der Waals surface area contributed by atoms with E-state index in [1.54, 1.807) is 11.8 Å². The molecule has 0 saturated heterocycles. The molecule has 1 aromatic heterocycles. The third kappa shape index (κ3) is 7.13. The highest BCUT2D eigenvalue weighted by Gasteiger charge is 2.08. The summed E-state index contributed by atoms with van der Waals surface area (Å²) in [7, 11) is 0. The van der Waals surface area contributed by atoms with Crippen molar-refractivity contribution in [3.05, 3.63) is 72.1 Å². The van der Waals surface area contributed by atoms with Crippen molar-refractivity contribution in [2.45, 2.75) is 25.0 Å².